The largest absolute Gasteiger partial charge is 0.270 e. The molecule has 0 saturated carbocycles. The summed E-state index contributed by atoms with van der Waals surface area (Å²) in [4.78, 5) is 0. The lowest BCUT2D eigenvalue weighted by Crippen LogP contribution is -2.05. The Kier molecular flexibility index (Phi) is 1.81. The third-order valence-corrected chi connectivity index (χ3v) is 3.09. The van der Waals surface area contributed by atoms with Crippen molar-refractivity contribution in [1.82, 2.24) is 9.78 Å². The summed E-state index contributed by atoms with van der Waals surface area (Å²) in [7, 11) is 1.91. The maximum Gasteiger partial charge on any atom is 0.165 e. The third kappa shape index (κ3) is 1.01. The molecule has 0 fully saturated rings. The van der Waals surface area contributed by atoms with Crippen LogP contribution in [0.25, 0.3) is 0 Å². The van der Waals surface area contributed by atoms with Crippen LogP contribution in [0.2, 0.25) is 0 Å². The fourth-order valence-electron chi connectivity index (χ4n) is 1.48. The maximum absolute atomic E-state index is 8.77. The van der Waals surface area contributed by atoms with Crippen molar-refractivity contribution in [3.05, 3.63) is 17.0 Å². The molecule has 12 heavy (non-hydrogen) atoms. The molecule has 0 aromatic carbocycles. The Morgan fingerprint density at radius 2 is 2.50 bits per heavy atom. The number of nitriles is 1. The van der Waals surface area contributed by atoms with Crippen molar-refractivity contribution in [1.29, 1.82) is 5.26 Å². The number of rotatable bonds is 0. The molecule has 1 aliphatic rings. The third-order valence-electron chi connectivity index (χ3n) is 2.12. The molecule has 0 atom stereocenters. The van der Waals surface area contributed by atoms with Gasteiger partial charge in [-0.25, -0.2) is 0 Å². The molecular weight excluding hydrogens is 170 g/mol. The molecular formula is C8H9N3S. The van der Waals surface area contributed by atoms with Crippen LogP contribution >= 0.6 is 11.8 Å². The summed E-state index contributed by atoms with van der Waals surface area (Å²) >= 11 is 1.91. The zero-order valence-electron chi connectivity index (χ0n) is 6.87. The standard InChI is InChI=1S/C8H9N3S/c1-11-8-5-12-3-2-6(8)7(4-9)10-11/h2-3,5H2,1H3. The van der Waals surface area contributed by atoms with Gasteiger partial charge in [0.05, 0.1) is 5.69 Å². The van der Waals surface area contributed by atoms with Gasteiger partial charge in [-0.2, -0.15) is 22.1 Å². The zero-order valence-corrected chi connectivity index (χ0v) is 7.69. The van der Waals surface area contributed by atoms with E-state index in [1.54, 1.807) is 0 Å². The lowest BCUT2D eigenvalue weighted by Gasteiger charge is -2.10. The van der Waals surface area contributed by atoms with Crippen LogP contribution < -0.4 is 0 Å². The van der Waals surface area contributed by atoms with Crippen molar-refractivity contribution in [3.8, 4) is 6.07 Å². The van der Waals surface area contributed by atoms with Crippen molar-refractivity contribution < 1.29 is 0 Å². The number of hydrogen-bond acceptors (Lipinski definition) is 3. The van der Waals surface area contributed by atoms with Gasteiger partial charge in [0.25, 0.3) is 0 Å². The molecule has 0 amide bonds. The Morgan fingerprint density at radius 3 is 3.25 bits per heavy atom. The number of hydrogen-bond donors (Lipinski definition) is 0. The Morgan fingerprint density at radius 1 is 1.67 bits per heavy atom. The minimum Gasteiger partial charge on any atom is -0.270 e. The van der Waals surface area contributed by atoms with Gasteiger partial charge in [-0.3, -0.25) is 4.68 Å². The molecule has 2 rings (SSSR count). The summed E-state index contributed by atoms with van der Waals surface area (Å²) in [5, 5.41) is 12.9. The van der Waals surface area contributed by atoms with Crippen LogP contribution in [0.5, 0.6) is 0 Å². The highest BCUT2D eigenvalue weighted by atomic mass is 32.2. The summed E-state index contributed by atoms with van der Waals surface area (Å²) in [6.07, 6.45) is 0.997. The monoisotopic (exact) mass is 179 g/mol. The summed E-state index contributed by atoms with van der Waals surface area (Å²) in [5.41, 5.74) is 3.01. The number of nitrogens with zero attached hydrogens (tertiary/aromatic N) is 3. The van der Waals surface area contributed by atoms with Crippen LogP contribution in [-0.4, -0.2) is 15.5 Å². The van der Waals surface area contributed by atoms with Gasteiger partial charge in [-0.1, -0.05) is 0 Å². The number of aromatic nitrogens is 2. The smallest absolute Gasteiger partial charge is 0.165 e. The van der Waals surface area contributed by atoms with Crippen LogP contribution in [-0.2, 0) is 19.2 Å². The van der Waals surface area contributed by atoms with Gasteiger partial charge >= 0.3 is 0 Å². The summed E-state index contributed by atoms with van der Waals surface area (Å²) in [5.74, 6) is 2.12. The van der Waals surface area contributed by atoms with Gasteiger partial charge in [-0.15, -0.1) is 0 Å². The van der Waals surface area contributed by atoms with Crippen LogP contribution in [0, 0.1) is 11.3 Å². The first-order valence-corrected chi connectivity index (χ1v) is 5.01. The zero-order chi connectivity index (χ0) is 8.55. The summed E-state index contributed by atoms with van der Waals surface area (Å²) in [6.45, 7) is 0. The average molecular weight is 179 g/mol. The minimum absolute atomic E-state index is 0.618. The normalized spacial score (nSPS) is 15.3. The molecule has 0 unspecified atom stereocenters. The number of thioether (sulfide) groups is 1. The fraction of sp³-hybridized carbons (Fsp3) is 0.500. The molecule has 62 valence electrons. The topological polar surface area (TPSA) is 41.6 Å². The van der Waals surface area contributed by atoms with Crippen molar-refractivity contribution >= 4 is 11.8 Å². The van der Waals surface area contributed by atoms with E-state index in [-0.39, 0.29) is 0 Å². The molecule has 0 N–H and O–H groups in total. The van der Waals surface area contributed by atoms with E-state index in [0.717, 1.165) is 17.9 Å². The fourth-order valence-corrected chi connectivity index (χ4v) is 2.53. The van der Waals surface area contributed by atoms with E-state index in [2.05, 4.69) is 11.2 Å². The molecule has 1 aromatic rings. The van der Waals surface area contributed by atoms with E-state index < -0.39 is 0 Å². The van der Waals surface area contributed by atoms with Crippen LogP contribution in [0.4, 0.5) is 0 Å². The van der Waals surface area contributed by atoms with Crippen LogP contribution in [0.1, 0.15) is 17.0 Å². The highest BCUT2D eigenvalue weighted by Crippen LogP contribution is 2.25. The highest BCUT2D eigenvalue weighted by molar-refractivity contribution is 7.98. The van der Waals surface area contributed by atoms with Gasteiger partial charge in [0.1, 0.15) is 6.07 Å². The lowest BCUT2D eigenvalue weighted by molar-refractivity contribution is 0.729. The van der Waals surface area contributed by atoms with Crippen molar-refractivity contribution in [2.45, 2.75) is 12.2 Å². The number of fused-ring (bicyclic) bond motifs is 1. The van der Waals surface area contributed by atoms with Gasteiger partial charge in [0.2, 0.25) is 0 Å². The molecule has 0 saturated heterocycles. The summed E-state index contributed by atoms with van der Waals surface area (Å²) in [6, 6.07) is 2.13. The quantitative estimate of drug-likeness (QED) is 0.598. The van der Waals surface area contributed by atoms with E-state index >= 15 is 0 Å². The molecule has 0 bridgehead atoms. The van der Waals surface area contributed by atoms with Crippen LogP contribution in [0.15, 0.2) is 0 Å². The highest BCUT2D eigenvalue weighted by Gasteiger charge is 2.18. The first kappa shape index (κ1) is 7.69. The molecule has 0 radical (unpaired) electrons. The molecule has 1 aromatic heterocycles. The van der Waals surface area contributed by atoms with E-state index in [1.165, 1.54) is 11.3 Å². The Bertz CT molecular complexity index is 348. The second-order valence-electron chi connectivity index (χ2n) is 2.81. The maximum atomic E-state index is 8.77. The molecule has 0 spiro atoms. The Hall–Kier alpha value is -0.950. The predicted molar refractivity (Wildman–Crippen MR) is 47.8 cm³/mol. The van der Waals surface area contributed by atoms with Crippen molar-refractivity contribution in [3.63, 3.8) is 0 Å². The van der Waals surface area contributed by atoms with Crippen molar-refractivity contribution in [2.24, 2.45) is 7.05 Å². The molecule has 2 heterocycles. The van der Waals surface area contributed by atoms with E-state index in [1.807, 2.05) is 23.5 Å². The van der Waals surface area contributed by atoms with Gasteiger partial charge in [0, 0.05) is 18.4 Å². The SMILES string of the molecule is Cn1nc(C#N)c2c1CSCC2. The predicted octanol–water partition coefficient (Wildman–Crippen LogP) is 1.08. The van der Waals surface area contributed by atoms with Gasteiger partial charge in [0.15, 0.2) is 5.69 Å². The molecule has 0 aliphatic carbocycles. The molecule has 3 nitrogen and oxygen atoms in total. The van der Waals surface area contributed by atoms with Crippen molar-refractivity contribution in [2.75, 3.05) is 5.75 Å². The Balaban J connectivity index is 2.56. The summed E-state index contributed by atoms with van der Waals surface area (Å²) < 4.78 is 1.83. The number of aryl methyl sites for hydroxylation is 1. The van der Waals surface area contributed by atoms with Gasteiger partial charge < -0.3 is 0 Å². The second-order valence-corrected chi connectivity index (χ2v) is 3.92. The first-order valence-electron chi connectivity index (χ1n) is 3.85. The molecule has 1 aliphatic heterocycles. The van der Waals surface area contributed by atoms with Gasteiger partial charge in [-0.05, 0) is 12.2 Å². The van der Waals surface area contributed by atoms with E-state index in [9.17, 15) is 0 Å². The second kappa shape index (κ2) is 2.83. The molecule has 4 heteroatoms. The average Bonchev–Trinajstić information content (AvgIpc) is 2.44. The van der Waals surface area contributed by atoms with E-state index in [4.69, 9.17) is 5.26 Å². The first-order chi connectivity index (χ1) is 5.83. The Labute approximate surface area is 75.4 Å². The van der Waals surface area contributed by atoms with Crippen LogP contribution in [0.3, 0.4) is 0 Å². The van der Waals surface area contributed by atoms with E-state index in [0.29, 0.717) is 5.69 Å². The minimum atomic E-state index is 0.618. The lowest BCUT2D eigenvalue weighted by atomic mass is 10.1.